The number of hydrogen-bond acceptors (Lipinski definition) is 6. The summed E-state index contributed by atoms with van der Waals surface area (Å²) in [6, 6.07) is 2.08. The van der Waals surface area contributed by atoms with Gasteiger partial charge in [0.2, 0.25) is 4.96 Å². The van der Waals surface area contributed by atoms with Gasteiger partial charge in [-0.1, -0.05) is 11.3 Å². The van der Waals surface area contributed by atoms with Crippen LogP contribution in [0.5, 0.6) is 0 Å². The first kappa shape index (κ1) is 14.1. The van der Waals surface area contributed by atoms with Gasteiger partial charge in [-0.2, -0.15) is 10.2 Å². The second-order valence-electron chi connectivity index (χ2n) is 6.26. The first-order chi connectivity index (χ1) is 11.8. The lowest BCUT2D eigenvalue weighted by molar-refractivity contribution is 0.454. The Balaban J connectivity index is 1.51. The highest BCUT2D eigenvalue weighted by Crippen LogP contribution is 2.30. The van der Waals surface area contributed by atoms with E-state index in [4.69, 9.17) is 10.1 Å². The molecular weight excluding hydrogens is 322 g/mol. The molecule has 24 heavy (non-hydrogen) atoms. The number of aryl methyl sites for hydroxylation is 1. The van der Waals surface area contributed by atoms with Gasteiger partial charge in [-0.3, -0.25) is 4.68 Å². The minimum Gasteiger partial charge on any atom is -0.317 e. The van der Waals surface area contributed by atoms with Gasteiger partial charge in [0.15, 0.2) is 5.65 Å². The maximum Gasteiger partial charge on any atom is 0.212 e. The fraction of sp³-hybridized carbons (Fsp3) is 0.375. The normalized spacial score (nSPS) is 16.4. The molecule has 4 aromatic heterocycles. The predicted octanol–water partition coefficient (Wildman–Crippen LogP) is 2.21. The highest BCUT2D eigenvalue weighted by atomic mass is 32.1. The smallest absolute Gasteiger partial charge is 0.212 e. The minimum absolute atomic E-state index is 0.553. The van der Waals surface area contributed by atoms with Gasteiger partial charge in [-0.15, -0.1) is 0 Å². The van der Waals surface area contributed by atoms with Crippen molar-refractivity contribution in [1.29, 1.82) is 0 Å². The predicted molar refractivity (Wildman–Crippen MR) is 93.2 cm³/mol. The Morgan fingerprint density at radius 1 is 1.21 bits per heavy atom. The van der Waals surface area contributed by atoms with Crippen molar-refractivity contribution in [1.82, 2.24) is 34.7 Å². The van der Waals surface area contributed by atoms with Crippen LogP contribution in [-0.2, 0) is 7.05 Å². The van der Waals surface area contributed by atoms with Crippen LogP contribution in [0.15, 0.2) is 24.7 Å². The monoisotopic (exact) mass is 339 g/mol. The Labute approximate surface area is 142 Å². The molecule has 0 aromatic carbocycles. The lowest BCUT2D eigenvalue weighted by atomic mass is 9.95. The minimum atomic E-state index is 0.553. The SMILES string of the molecule is Cn1cc2cc(-c3nn4cc(C5CCNCC5)nc4s3)cnc2n1. The molecule has 0 bridgehead atoms. The van der Waals surface area contributed by atoms with E-state index in [0.717, 1.165) is 52.5 Å². The summed E-state index contributed by atoms with van der Waals surface area (Å²) in [4.78, 5) is 10.2. The van der Waals surface area contributed by atoms with Crippen molar-refractivity contribution < 1.29 is 0 Å². The number of piperidine rings is 1. The first-order valence-electron chi connectivity index (χ1n) is 8.13. The second-order valence-corrected chi connectivity index (χ2v) is 7.22. The molecule has 1 N–H and O–H groups in total. The van der Waals surface area contributed by atoms with Gasteiger partial charge >= 0.3 is 0 Å². The van der Waals surface area contributed by atoms with E-state index in [2.05, 4.69) is 27.7 Å². The molecule has 1 aliphatic heterocycles. The number of fused-ring (bicyclic) bond motifs is 2. The van der Waals surface area contributed by atoms with Crippen molar-refractivity contribution in [3.8, 4) is 10.6 Å². The van der Waals surface area contributed by atoms with Crippen LogP contribution in [0.1, 0.15) is 24.5 Å². The van der Waals surface area contributed by atoms with Crippen LogP contribution in [0.2, 0.25) is 0 Å². The number of imidazole rings is 1. The van der Waals surface area contributed by atoms with E-state index in [-0.39, 0.29) is 0 Å². The van der Waals surface area contributed by atoms with E-state index in [9.17, 15) is 0 Å². The fourth-order valence-corrected chi connectivity index (χ4v) is 4.17. The average molecular weight is 339 g/mol. The molecule has 8 heteroatoms. The fourth-order valence-electron chi connectivity index (χ4n) is 3.30. The summed E-state index contributed by atoms with van der Waals surface area (Å²) in [5.41, 5.74) is 2.94. The molecule has 7 nitrogen and oxygen atoms in total. The molecular formula is C16H17N7S. The molecule has 0 saturated carbocycles. The van der Waals surface area contributed by atoms with Gasteiger partial charge in [0.1, 0.15) is 5.01 Å². The zero-order valence-electron chi connectivity index (χ0n) is 13.3. The van der Waals surface area contributed by atoms with Gasteiger partial charge in [0, 0.05) is 36.3 Å². The third kappa shape index (κ3) is 2.30. The van der Waals surface area contributed by atoms with Crippen LogP contribution >= 0.6 is 11.3 Å². The number of rotatable bonds is 2. The lowest BCUT2D eigenvalue weighted by Crippen LogP contribution is -2.26. The average Bonchev–Trinajstić information content (AvgIpc) is 3.26. The summed E-state index contributed by atoms with van der Waals surface area (Å²) in [5.74, 6) is 0.553. The van der Waals surface area contributed by atoms with Gasteiger partial charge in [-0.05, 0) is 32.0 Å². The van der Waals surface area contributed by atoms with Crippen molar-refractivity contribution in [2.75, 3.05) is 13.1 Å². The largest absolute Gasteiger partial charge is 0.317 e. The van der Waals surface area contributed by atoms with E-state index in [1.807, 2.05) is 24.0 Å². The standard InChI is InChI=1S/C16H17N7S/c1-22-8-12-6-11(7-18-14(12)20-22)15-21-23-9-13(19-16(23)24-15)10-2-4-17-5-3-10/h6-10,17H,2-5H2,1H3. The number of hydrogen-bond donors (Lipinski definition) is 1. The van der Waals surface area contributed by atoms with Crippen LogP contribution in [0.25, 0.3) is 26.6 Å². The zero-order valence-corrected chi connectivity index (χ0v) is 14.1. The Morgan fingerprint density at radius 2 is 2.08 bits per heavy atom. The molecule has 1 aliphatic rings. The highest BCUT2D eigenvalue weighted by molar-refractivity contribution is 7.19. The Kier molecular flexibility index (Phi) is 3.14. The van der Waals surface area contributed by atoms with E-state index in [1.165, 1.54) is 5.69 Å². The molecule has 122 valence electrons. The molecule has 1 saturated heterocycles. The summed E-state index contributed by atoms with van der Waals surface area (Å²) < 4.78 is 3.69. The van der Waals surface area contributed by atoms with Crippen molar-refractivity contribution in [2.45, 2.75) is 18.8 Å². The van der Waals surface area contributed by atoms with Crippen molar-refractivity contribution in [3.05, 3.63) is 30.4 Å². The lowest BCUT2D eigenvalue weighted by Gasteiger charge is -2.20. The Hall–Kier alpha value is -2.32. The molecule has 0 spiro atoms. The number of aromatic nitrogens is 6. The molecule has 0 radical (unpaired) electrons. The van der Waals surface area contributed by atoms with E-state index < -0.39 is 0 Å². The Bertz CT molecular complexity index is 990. The summed E-state index contributed by atoms with van der Waals surface area (Å²) in [6.45, 7) is 2.15. The molecule has 0 amide bonds. The Morgan fingerprint density at radius 3 is 2.92 bits per heavy atom. The molecule has 4 aromatic rings. The second kappa shape index (κ2) is 5.35. The zero-order chi connectivity index (χ0) is 16.1. The van der Waals surface area contributed by atoms with Gasteiger partial charge in [0.05, 0.1) is 11.9 Å². The third-order valence-electron chi connectivity index (χ3n) is 4.54. The molecule has 1 fully saturated rings. The molecule has 5 rings (SSSR count). The van der Waals surface area contributed by atoms with E-state index in [1.54, 1.807) is 16.0 Å². The van der Waals surface area contributed by atoms with Gasteiger partial charge in [-0.25, -0.2) is 14.5 Å². The van der Waals surface area contributed by atoms with Crippen molar-refractivity contribution in [3.63, 3.8) is 0 Å². The number of nitrogens with one attached hydrogen (secondary N) is 1. The summed E-state index contributed by atoms with van der Waals surface area (Å²) in [6.07, 6.45) is 8.20. The van der Waals surface area contributed by atoms with E-state index >= 15 is 0 Å². The van der Waals surface area contributed by atoms with Crippen LogP contribution in [0, 0.1) is 0 Å². The molecule has 5 heterocycles. The topological polar surface area (TPSA) is 72.9 Å². The van der Waals surface area contributed by atoms with Crippen LogP contribution in [-0.4, -0.2) is 42.5 Å². The summed E-state index contributed by atoms with van der Waals surface area (Å²) in [7, 11) is 1.90. The van der Waals surface area contributed by atoms with Gasteiger partial charge in [0.25, 0.3) is 0 Å². The molecule has 0 aliphatic carbocycles. The summed E-state index contributed by atoms with van der Waals surface area (Å²) >= 11 is 1.61. The number of pyridine rings is 1. The maximum absolute atomic E-state index is 4.80. The van der Waals surface area contributed by atoms with Crippen molar-refractivity contribution >= 4 is 27.3 Å². The van der Waals surface area contributed by atoms with Crippen LogP contribution in [0.4, 0.5) is 0 Å². The van der Waals surface area contributed by atoms with Crippen LogP contribution < -0.4 is 5.32 Å². The highest BCUT2D eigenvalue weighted by Gasteiger charge is 2.20. The number of nitrogens with zero attached hydrogens (tertiary/aromatic N) is 6. The maximum atomic E-state index is 4.80. The third-order valence-corrected chi connectivity index (χ3v) is 5.51. The molecule has 0 atom stereocenters. The quantitative estimate of drug-likeness (QED) is 0.606. The van der Waals surface area contributed by atoms with E-state index in [0.29, 0.717) is 5.92 Å². The first-order valence-corrected chi connectivity index (χ1v) is 8.94. The van der Waals surface area contributed by atoms with Crippen LogP contribution in [0.3, 0.4) is 0 Å². The molecule has 0 unspecified atom stereocenters. The summed E-state index contributed by atoms with van der Waals surface area (Å²) in [5, 5.41) is 14.4. The van der Waals surface area contributed by atoms with Crippen molar-refractivity contribution in [2.24, 2.45) is 7.05 Å². The van der Waals surface area contributed by atoms with Gasteiger partial charge < -0.3 is 5.32 Å².